The smallest absolute Gasteiger partial charge is 0.408 e. The molecule has 0 radical (unpaired) electrons. The monoisotopic (exact) mass is 591 g/mol. The Hall–Kier alpha value is -2.32. The van der Waals surface area contributed by atoms with E-state index in [2.05, 4.69) is 39.2 Å². The molecule has 8 heteroatoms. The van der Waals surface area contributed by atoms with Gasteiger partial charge in [0.2, 0.25) is 0 Å². The number of ether oxygens (including phenoxy) is 3. The maximum atomic E-state index is 13.5. The van der Waals surface area contributed by atoms with Crippen LogP contribution in [0.5, 0.6) is 5.75 Å². The summed E-state index contributed by atoms with van der Waals surface area (Å²) in [7, 11) is -0.265. The van der Waals surface area contributed by atoms with Crippen molar-refractivity contribution in [3.8, 4) is 5.75 Å². The van der Waals surface area contributed by atoms with Crippen LogP contribution >= 0.6 is 0 Å². The number of rotatable bonds is 12. The third kappa shape index (κ3) is 13.0. The van der Waals surface area contributed by atoms with E-state index < -0.39 is 31.5 Å². The molecule has 0 bridgehead atoms. The van der Waals surface area contributed by atoms with Crippen molar-refractivity contribution in [1.82, 2.24) is 5.32 Å². The first-order chi connectivity index (χ1) is 18.6. The molecule has 0 spiro atoms. The van der Waals surface area contributed by atoms with Gasteiger partial charge in [0.25, 0.3) is 0 Å². The largest absolute Gasteiger partial charge is 0.497 e. The minimum absolute atomic E-state index is 0.117. The lowest BCUT2D eigenvalue weighted by atomic mass is 9.87. The van der Waals surface area contributed by atoms with Gasteiger partial charge in [0.15, 0.2) is 8.32 Å². The van der Waals surface area contributed by atoms with E-state index in [0.717, 1.165) is 28.9 Å². The molecule has 0 aromatic heterocycles. The first-order valence-corrected chi connectivity index (χ1v) is 17.6. The molecule has 0 aliphatic heterocycles. The fourth-order valence-corrected chi connectivity index (χ4v) is 5.11. The second-order valence-electron chi connectivity index (χ2n) is 14.5. The predicted molar refractivity (Wildman–Crippen MR) is 170 cm³/mol. The van der Waals surface area contributed by atoms with E-state index in [1.165, 1.54) is 0 Å². The minimum Gasteiger partial charge on any atom is -0.497 e. The summed E-state index contributed by atoms with van der Waals surface area (Å²) < 4.78 is 23.2. The van der Waals surface area contributed by atoms with Gasteiger partial charge in [0, 0.05) is 6.61 Å². The van der Waals surface area contributed by atoms with Crippen molar-refractivity contribution in [2.75, 3.05) is 13.7 Å². The van der Waals surface area contributed by atoms with Crippen LogP contribution in [0.2, 0.25) is 18.1 Å². The van der Waals surface area contributed by atoms with Crippen molar-refractivity contribution in [2.24, 2.45) is 5.92 Å². The average Bonchev–Trinajstić information content (AvgIpc) is 2.80. The van der Waals surface area contributed by atoms with Gasteiger partial charge in [-0.05, 0) is 110 Å². The fraction of sp³-hybridized carbons (Fsp3) is 0.697. The Kier molecular flexibility index (Phi) is 13.2. The van der Waals surface area contributed by atoms with E-state index in [9.17, 15) is 9.59 Å². The zero-order chi connectivity index (χ0) is 31.8. The van der Waals surface area contributed by atoms with Crippen LogP contribution in [0, 0.1) is 5.92 Å². The molecular weight excluding hydrogens is 534 g/mol. The summed E-state index contributed by atoms with van der Waals surface area (Å²) in [5.74, 6) is 0.0388. The van der Waals surface area contributed by atoms with E-state index in [1.54, 1.807) is 7.11 Å². The zero-order valence-corrected chi connectivity index (χ0v) is 29.2. The fourth-order valence-electron chi connectivity index (χ4n) is 4.02. The Morgan fingerprint density at radius 2 is 1.39 bits per heavy atom. The summed E-state index contributed by atoms with van der Waals surface area (Å²) in [4.78, 5) is 26.4. The van der Waals surface area contributed by atoms with E-state index in [0.29, 0.717) is 19.4 Å². The molecule has 0 saturated carbocycles. The van der Waals surface area contributed by atoms with Gasteiger partial charge in [-0.3, -0.25) is 4.79 Å². The molecule has 0 saturated heterocycles. The van der Waals surface area contributed by atoms with E-state index >= 15 is 0 Å². The SMILES string of the molecule is COc1ccc(C[C@@H](NC(=O)OC(C)(C)C)/C(C)=C(\C)C(CCCO[Si](C)(C)C(C)(C)C)C(=O)OC(C)(C)C)cc1. The molecule has 41 heavy (non-hydrogen) atoms. The number of hydrogen-bond donors (Lipinski definition) is 1. The van der Waals surface area contributed by atoms with Crippen LogP contribution in [0.25, 0.3) is 0 Å². The molecule has 0 fully saturated rings. The maximum Gasteiger partial charge on any atom is 0.408 e. The molecule has 0 heterocycles. The second kappa shape index (κ2) is 14.7. The number of methoxy groups -OCH3 is 1. The third-order valence-corrected chi connectivity index (χ3v) is 12.1. The number of benzene rings is 1. The summed E-state index contributed by atoms with van der Waals surface area (Å²) in [5, 5.41) is 3.17. The lowest BCUT2D eigenvalue weighted by Crippen LogP contribution is -2.42. The molecule has 234 valence electrons. The Bertz CT molecular complexity index is 1030. The lowest BCUT2D eigenvalue weighted by Gasteiger charge is -2.36. The van der Waals surface area contributed by atoms with Crippen LogP contribution < -0.4 is 10.1 Å². The summed E-state index contributed by atoms with van der Waals surface area (Å²) in [6.07, 6.45) is 1.35. The van der Waals surface area contributed by atoms with Gasteiger partial charge in [-0.1, -0.05) is 44.1 Å². The highest BCUT2D eigenvalue weighted by Gasteiger charge is 2.37. The third-order valence-electron chi connectivity index (χ3n) is 7.55. The van der Waals surface area contributed by atoms with Crippen LogP contribution in [0.1, 0.15) is 94.6 Å². The van der Waals surface area contributed by atoms with Gasteiger partial charge in [0.1, 0.15) is 17.0 Å². The number of carbonyl (C=O) groups excluding carboxylic acids is 2. The van der Waals surface area contributed by atoms with Crippen LogP contribution in [0.3, 0.4) is 0 Å². The molecule has 0 aliphatic rings. The van der Waals surface area contributed by atoms with Crippen molar-refractivity contribution in [1.29, 1.82) is 0 Å². The number of alkyl carbamates (subject to hydrolysis) is 1. The van der Waals surface area contributed by atoms with E-state index in [4.69, 9.17) is 18.6 Å². The highest BCUT2D eigenvalue weighted by Crippen LogP contribution is 2.37. The Labute approximate surface area is 250 Å². The molecular formula is C33H57NO6Si. The van der Waals surface area contributed by atoms with Gasteiger partial charge in [-0.15, -0.1) is 0 Å². The lowest BCUT2D eigenvalue weighted by molar-refractivity contribution is -0.158. The second-order valence-corrected chi connectivity index (χ2v) is 19.3. The standard InChI is InChI=1S/C33H57NO6Si/c1-23(27(29(35)39-31(3,4)5)16-15-21-38-41(13,14)33(9,10)11)24(2)28(34-30(36)40-32(6,7)8)22-25-17-19-26(37-12)20-18-25/h17-20,27-28H,15-16,21-22H2,1-14H3,(H,34,36)/b24-23+/t27?,28-/m1/s1. The number of amides is 1. The van der Waals surface area contributed by atoms with Crippen molar-refractivity contribution in [3.05, 3.63) is 41.0 Å². The van der Waals surface area contributed by atoms with Gasteiger partial charge < -0.3 is 24.0 Å². The van der Waals surface area contributed by atoms with Crippen molar-refractivity contribution in [3.63, 3.8) is 0 Å². The first-order valence-electron chi connectivity index (χ1n) is 14.7. The maximum absolute atomic E-state index is 13.5. The highest BCUT2D eigenvalue weighted by atomic mass is 28.4. The molecule has 1 rings (SSSR count). The molecule has 2 atom stereocenters. The molecule has 7 nitrogen and oxygen atoms in total. The average molecular weight is 592 g/mol. The highest BCUT2D eigenvalue weighted by molar-refractivity contribution is 6.74. The minimum atomic E-state index is -1.90. The van der Waals surface area contributed by atoms with Gasteiger partial charge in [0.05, 0.1) is 19.1 Å². The molecule has 1 unspecified atom stereocenters. The van der Waals surface area contributed by atoms with Crippen molar-refractivity contribution >= 4 is 20.4 Å². The Morgan fingerprint density at radius 3 is 1.85 bits per heavy atom. The molecule has 1 N–H and O–H groups in total. The summed E-state index contributed by atoms with van der Waals surface area (Å²) in [6.45, 7) is 26.8. The molecule has 1 aromatic carbocycles. The Morgan fingerprint density at radius 1 is 0.854 bits per heavy atom. The predicted octanol–water partition coefficient (Wildman–Crippen LogP) is 8.23. The van der Waals surface area contributed by atoms with Crippen LogP contribution in [-0.4, -0.2) is 51.3 Å². The van der Waals surface area contributed by atoms with Crippen molar-refractivity contribution < 1.29 is 28.2 Å². The topological polar surface area (TPSA) is 83.1 Å². The number of nitrogens with one attached hydrogen (secondary N) is 1. The Balaban J connectivity index is 3.35. The van der Waals surface area contributed by atoms with Crippen LogP contribution in [-0.2, 0) is 25.1 Å². The first kappa shape index (κ1) is 36.7. The molecule has 1 aromatic rings. The quantitative estimate of drug-likeness (QED) is 0.114. The number of hydrogen-bond acceptors (Lipinski definition) is 6. The normalized spacial score (nSPS) is 15.0. The van der Waals surface area contributed by atoms with Crippen LogP contribution in [0.15, 0.2) is 35.4 Å². The zero-order valence-electron chi connectivity index (χ0n) is 28.2. The van der Waals surface area contributed by atoms with Crippen LogP contribution in [0.4, 0.5) is 4.79 Å². The number of carbonyl (C=O) groups is 2. The van der Waals surface area contributed by atoms with Gasteiger partial charge in [-0.2, -0.15) is 0 Å². The van der Waals surface area contributed by atoms with Gasteiger partial charge >= 0.3 is 12.1 Å². The summed E-state index contributed by atoms with van der Waals surface area (Å²) >= 11 is 0. The van der Waals surface area contributed by atoms with Gasteiger partial charge in [-0.25, -0.2) is 4.79 Å². The summed E-state index contributed by atoms with van der Waals surface area (Å²) in [5.41, 5.74) is 1.58. The molecule has 0 aliphatic carbocycles. The molecule has 1 amide bonds. The van der Waals surface area contributed by atoms with E-state index in [1.807, 2.05) is 79.7 Å². The van der Waals surface area contributed by atoms with E-state index in [-0.39, 0.29) is 17.0 Å². The number of esters is 1. The van der Waals surface area contributed by atoms with Crippen molar-refractivity contribution in [2.45, 2.75) is 131 Å². The summed E-state index contributed by atoms with van der Waals surface area (Å²) in [6, 6.07) is 7.38.